The first kappa shape index (κ1) is 17.1. The van der Waals surface area contributed by atoms with Gasteiger partial charge in [-0.05, 0) is 24.3 Å². The number of nitrogens with zero attached hydrogens (tertiary/aromatic N) is 1. The fourth-order valence-electron chi connectivity index (χ4n) is 1.92. The lowest BCUT2D eigenvalue weighted by Crippen LogP contribution is -2.36. The molecule has 0 aliphatic heterocycles. The second kappa shape index (κ2) is 8.42. The van der Waals surface area contributed by atoms with Crippen molar-refractivity contribution in [2.75, 3.05) is 13.7 Å². The molecule has 124 valence electrons. The van der Waals surface area contributed by atoms with Gasteiger partial charge in [-0.15, -0.1) is 0 Å². The molecule has 2 rings (SSSR count). The van der Waals surface area contributed by atoms with Crippen molar-refractivity contribution in [3.63, 3.8) is 0 Å². The fraction of sp³-hybridized carbons (Fsp3) is 0.176. The third-order valence-corrected chi connectivity index (χ3v) is 3.15. The highest BCUT2D eigenvalue weighted by atomic mass is 16.5. The number of amides is 2. The summed E-state index contributed by atoms with van der Waals surface area (Å²) in [6.45, 7) is -0.00467. The first-order valence-electron chi connectivity index (χ1n) is 7.23. The Morgan fingerprint density at radius 3 is 2.50 bits per heavy atom. The van der Waals surface area contributed by atoms with Crippen LogP contribution in [-0.4, -0.2) is 36.4 Å². The molecule has 24 heavy (non-hydrogen) atoms. The molecule has 0 bridgehead atoms. The number of methoxy groups -OCH3 is 1. The minimum atomic E-state index is -0.472. The zero-order valence-corrected chi connectivity index (χ0v) is 13.1. The Kier molecular flexibility index (Phi) is 6.01. The smallest absolute Gasteiger partial charge is 0.337 e. The fourth-order valence-corrected chi connectivity index (χ4v) is 1.92. The highest BCUT2D eigenvalue weighted by Gasteiger charge is 2.09. The Morgan fingerprint density at radius 2 is 1.79 bits per heavy atom. The van der Waals surface area contributed by atoms with Crippen LogP contribution in [0.15, 0.2) is 48.7 Å². The topological polar surface area (TPSA) is 97.4 Å². The van der Waals surface area contributed by atoms with Crippen molar-refractivity contribution in [3.8, 4) is 0 Å². The standard InChI is InChI=1S/C17H17N3O4/c1-24-17(23)13-7-8-18-14(9-13)10-19-15(21)11-20-16(22)12-5-3-2-4-6-12/h2-9H,10-11H2,1H3,(H,19,21)(H,20,22). The van der Waals surface area contributed by atoms with E-state index in [1.807, 2.05) is 0 Å². The third kappa shape index (κ3) is 4.91. The van der Waals surface area contributed by atoms with Crippen molar-refractivity contribution < 1.29 is 19.1 Å². The second-order valence-corrected chi connectivity index (χ2v) is 4.85. The predicted octanol–water partition coefficient (Wildman–Crippen LogP) is 0.914. The molecule has 1 heterocycles. The van der Waals surface area contributed by atoms with Gasteiger partial charge in [0.2, 0.25) is 5.91 Å². The number of hydrogen-bond acceptors (Lipinski definition) is 5. The van der Waals surface area contributed by atoms with E-state index in [4.69, 9.17) is 0 Å². The highest BCUT2D eigenvalue weighted by molar-refractivity contribution is 5.96. The van der Waals surface area contributed by atoms with E-state index in [-0.39, 0.29) is 24.9 Å². The average Bonchev–Trinajstić information content (AvgIpc) is 2.64. The molecule has 2 aromatic rings. The van der Waals surface area contributed by atoms with E-state index in [0.717, 1.165) is 0 Å². The van der Waals surface area contributed by atoms with E-state index in [1.165, 1.54) is 25.4 Å². The molecule has 0 atom stereocenters. The summed E-state index contributed by atoms with van der Waals surface area (Å²) in [6, 6.07) is 11.7. The number of esters is 1. The maximum Gasteiger partial charge on any atom is 0.337 e. The molecule has 1 aromatic heterocycles. The van der Waals surface area contributed by atoms with Gasteiger partial charge in [0.15, 0.2) is 0 Å². The van der Waals surface area contributed by atoms with E-state index in [1.54, 1.807) is 30.3 Å². The molecule has 0 saturated heterocycles. The number of hydrogen-bond donors (Lipinski definition) is 2. The summed E-state index contributed by atoms with van der Waals surface area (Å²) < 4.78 is 4.62. The van der Waals surface area contributed by atoms with Crippen LogP contribution >= 0.6 is 0 Å². The van der Waals surface area contributed by atoms with Gasteiger partial charge in [-0.1, -0.05) is 18.2 Å². The van der Waals surface area contributed by atoms with Gasteiger partial charge in [0.05, 0.1) is 31.5 Å². The summed E-state index contributed by atoms with van der Waals surface area (Å²) >= 11 is 0. The maximum atomic E-state index is 11.8. The first-order chi connectivity index (χ1) is 11.6. The van der Waals surface area contributed by atoms with Gasteiger partial charge < -0.3 is 15.4 Å². The van der Waals surface area contributed by atoms with Crippen LogP contribution in [0, 0.1) is 0 Å². The molecular weight excluding hydrogens is 310 g/mol. The number of nitrogens with one attached hydrogen (secondary N) is 2. The zero-order valence-electron chi connectivity index (χ0n) is 13.1. The second-order valence-electron chi connectivity index (χ2n) is 4.85. The zero-order chi connectivity index (χ0) is 17.4. The van der Waals surface area contributed by atoms with E-state index in [0.29, 0.717) is 16.8 Å². The first-order valence-corrected chi connectivity index (χ1v) is 7.23. The van der Waals surface area contributed by atoms with Crippen molar-refractivity contribution in [2.24, 2.45) is 0 Å². The largest absolute Gasteiger partial charge is 0.465 e. The molecule has 7 heteroatoms. The van der Waals surface area contributed by atoms with Crippen LogP contribution in [0.2, 0.25) is 0 Å². The number of benzene rings is 1. The monoisotopic (exact) mass is 327 g/mol. The van der Waals surface area contributed by atoms with Crippen molar-refractivity contribution in [3.05, 3.63) is 65.5 Å². The van der Waals surface area contributed by atoms with Crippen LogP contribution in [-0.2, 0) is 16.1 Å². The third-order valence-electron chi connectivity index (χ3n) is 3.15. The number of carbonyl (C=O) groups excluding carboxylic acids is 3. The Labute approximate surface area is 139 Å². The van der Waals surface area contributed by atoms with Crippen molar-refractivity contribution in [2.45, 2.75) is 6.54 Å². The van der Waals surface area contributed by atoms with Gasteiger partial charge in [0.25, 0.3) is 5.91 Å². The molecule has 7 nitrogen and oxygen atoms in total. The lowest BCUT2D eigenvalue weighted by atomic mass is 10.2. The van der Waals surface area contributed by atoms with Crippen molar-refractivity contribution in [1.29, 1.82) is 0 Å². The van der Waals surface area contributed by atoms with E-state index in [9.17, 15) is 14.4 Å². The van der Waals surface area contributed by atoms with E-state index in [2.05, 4.69) is 20.4 Å². The van der Waals surface area contributed by atoms with Crippen LogP contribution in [0.3, 0.4) is 0 Å². The number of ether oxygens (including phenoxy) is 1. The predicted molar refractivity (Wildman–Crippen MR) is 86.2 cm³/mol. The van der Waals surface area contributed by atoms with Crippen molar-refractivity contribution >= 4 is 17.8 Å². The van der Waals surface area contributed by atoms with Crippen molar-refractivity contribution in [1.82, 2.24) is 15.6 Å². The molecule has 2 N–H and O–H groups in total. The average molecular weight is 327 g/mol. The number of aromatic nitrogens is 1. The van der Waals surface area contributed by atoms with Crippen LogP contribution in [0.4, 0.5) is 0 Å². The Bertz CT molecular complexity index is 732. The van der Waals surface area contributed by atoms with Gasteiger partial charge in [-0.2, -0.15) is 0 Å². The van der Waals surface area contributed by atoms with Crippen LogP contribution < -0.4 is 10.6 Å². The summed E-state index contributed by atoms with van der Waals surface area (Å²) in [5.74, 6) is -1.15. The molecule has 0 unspecified atom stereocenters. The SMILES string of the molecule is COC(=O)c1ccnc(CNC(=O)CNC(=O)c2ccccc2)c1. The highest BCUT2D eigenvalue weighted by Crippen LogP contribution is 2.03. The minimum absolute atomic E-state index is 0.144. The van der Waals surface area contributed by atoms with Gasteiger partial charge in [-0.25, -0.2) is 4.79 Å². The minimum Gasteiger partial charge on any atom is -0.465 e. The quantitative estimate of drug-likeness (QED) is 0.769. The molecule has 0 saturated carbocycles. The lowest BCUT2D eigenvalue weighted by molar-refractivity contribution is -0.120. The molecule has 0 radical (unpaired) electrons. The van der Waals surface area contributed by atoms with Gasteiger partial charge >= 0.3 is 5.97 Å². The van der Waals surface area contributed by atoms with E-state index < -0.39 is 5.97 Å². The van der Waals surface area contributed by atoms with Gasteiger partial charge in [0.1, 0.15) is 0 Å². The molecule has 0 aliphatic carbocycles. The van der Waals surface area contributed by atoms with Crippen LogP contribution in [0.1, 0.15) is 26.4 Å². The van der Waals surface area contributed by atoms with Gasteiger partial charge in [0, 0.05) is 11.8 Å². The summed E-state index contributed by atoms with van der Waals surface area (Å²) in [5.41, 5.74) is 1.35. The molecule has 0 spiro atoms. The van der Waals surface area contributed by atoms with Gasteiger partial charge in [-0.3, -0.25) is 14.6 Å². The Hall–Kier alpha value is -3.22. The van der Waals surface area contributed by atoms with E-state index >= 15 is 0 Å². The number of carbonyl (C=O) groups is 3. The maximum absolute atomic E-state index is 11.8. The molecular formula is C17H17N3O4. The molecule has 0 aliphatic rings. The summed E-state index contributed by atoms with van der Waals surface area (Å²) in [5, 5.41) is 5.15. The normalized spacial score (nSPS) is 9.88. The molecule has 1 aromatic carbocycles. The van der Waals surface area contributed by atoms with Crippen LogP contribution in [0.25, 0.3) is 0 Å². The summed E-state index contributed by atoms with van der Waals surface area (Å²) in [4.78, 5) is 39.1. The number of pyridine rings is 1. The number of rotatable bonds is 6. The Balaban J connectivity index is 1.81. The lowest BCUT2D eigenvalue weighted by Gasteiger charge is -2.07. The molecule has 2 amide bonds. The Morgan fingerprint density at radius 1 is 1.04 bits per heavy atom. The van der Waals surface area contributed by atoms with Crippen LogP contribution in [0.5, 0.6) is 0 Å². The summed E-state index contributed by atoms with van der Waals surface area (Å²) in [6.07, 6.45) is 1.46. The molecule has 0 fully saturated rings. The summed E-state index contributed by atoms with van der Waals surface area (Å²) in [7, 11) is 1.29.